The SMILES string of the molecule is Cc1ccc(Br)c(NC(=O)c2ccc(Cl)cc2N)c1. The number of nitrogen functional groups attached to an aromatic ring is 1. The molecule has 0 heterocycles. The second kappa shape index (κ2) is 5.63. The monoisotopic (exact) mass is 338 g/mol. The summed E-state index contributed by atoms with van der Waals surface area (Å²) in [5, 5.41) is 3.32. The molecule has 19 heavy (non-hydrogen) atoms. The van der Waals surface area contributed by atoms with E-state index in [4.69, 9.17) is 17.3 Å². The Labute approximate surface area is 124 Å². The molecule has 0 radical (unpaired) electrons. The van der Waals surface area contributed by atoms with Crippen LogP contribution >= 0.6 is 27.5 Å². The van der Waals surface area contributed by atoms with Crippen molar-refractivity contribution < 1.29 is 4.79 Å². The summed E-state index contributed by atoms with van der Waals surface area (Å²) in [6.07, 6.45) is 0. The van der Waals surface area contributed by atoms with Crippen LogP contribution < -0.4 is 11.1 Å². The van der Waals surface area contributed by atoms with Crippen LogP contribution in [0.2, 0.25) is 5.02 Å². The molecule has 98 valence electrons. The van der Waals surface area contributed by atoms with Crippen LogP contribution in [-0.2, 0) is 0 Å². The summed E-state index contributed by atoms with van der Waals surface area (Å²) in [4.78, 5) is 12.2. The fourth-order valence-corrected chi connectivity index (χ4v) is 2.19. The van der Waals surface area contributed by atoms with E-state index in [1.165, 1.54) is 0 Å². The first-order chi connectivity index (χ1) is 8.97. The number of carbonyl (C=O) groups is 1. The van der Waals surface area contributed by atoms with E-state index in [2.05, 4.69) is 21.2 Å². The maximum atomic E-state index is 12.2. The number of anilines is 2. The van der Waals surface area contributed by atoms with Gasteiger partial charge in [0.25, 0.3) is 5.91 Å². The van der Waals surface area contributed by atoms with Crippen LogP contribution in [0.1, 0.15) is 15.9 Å². The zero-order chi connectivity index (χ0) is 14.0. The van der Waals surface area contributed by atoms with Gasteiger partial charge in [-0.1, -0.05) is 17.7 Å². The Morgan fingerprint density at radius 2 is 2.00 bits per heavy atom. The molecule has 0 atom stereocenters. The number of benzene rings is 2. The van der Waals surface area contributed by atoms with Gasteiger partial charge in [-0.3, -0.25) is 4.79 Å². The van der Waals surface area contributed by atoms with E-state index in [1.54, 1.807) is 18.2 Å². The molecule has 2 aromatic carbocycles. The van der Waals surface area contributed by atoms with Gasteiger partial charge in [0, 0.05) is 15.2 Å². The molecule has 0 aliphatic rings. The van der Waals surface area contributed by atoms with Gasteiger partial charge in [0.05, 0.1) is 11.3 Å². The molecule has 0 saturated heterocycles. The Hall–Kier alpha value is -1.52. The lowest BCUT2D eigenvalue weighted by molar-refractivity contribution is 0.102. The number of aryl methyl sites for hydroxylation is 1. The first-order valence-corrected chi connectivity index (χ1v) is 6.77. The van der Waals surface area contributed by atoms with Gasteiger partial charge in [0.1, 0.15) is 0 Å². The minimum atomic E-state index is -0.263. The Kier molecular flexibility index (Phi) is 4.12. The highest BCUT2D eigenvalue weighted by atomic mass is 79.9. The number of nitrogens with two attached hydrogens (primary N) is 1. The lowest BCUT2D eigenvalue weighted by Crippen LogP contribution is -2.14. The molecule has 0 spiro atoms. The number of carbonyl (C=O) groups excluding carboxylic acids is 1. The van der Waals surface area contributed by atoms with Gasteiger partial charge in [0.2, 0.25) is 0 Å². The summed E-state index contributed by atoms with van der Waals surface area (Å²) in [5.74, 6) is -0.263. The van der Waals surface area contributed by atoms with Gasteiger partial charge in [-0.2, -0.15) is 0 Å². The molecule has 0 aromatic heterocycles. The summed E-state index contributed by atoms with van der Waals surface area (Å²) in [5.41, 5.74) is 8.31. The number of rotatable bonds is 2. The minimum Gasteiger partial charge on any atom is -0.398 e. The van der Waals surface area contributed by atoms with E-state index in [1.807, 2.05) is 25.1 Å². The fraction of sp³-hybridized carbons (Fsp3) is 0.0714. The van der Waals surface area contributed by atoms with Crippen molar-refractivity contribution in [3.8, 4) is 0 Å². The average Bonchev–Trinajstić information content (AvgIpc) is 2.33. The van der Waals surface area contributed by atoms with Crippen molar-refractivity contribution in [1.82, 2.24) is 0 Å². The van der Waals surface area contributed by atoms with Gasteiger partial charge < -0.3 is 11.1 Å². The van der Waals surface area contributed by atoms with Crippen LogP contribution in [0.25, 0.3) is 0 Å². The van der Waals surface area contributed by atoms with Gasteiger partial charge in [0.15, 0.2) is 0 Å². The van der Waals surface area contributed by atoms with Crippen LogP contribution in [0.15, 0.2) is 40.9 Å². The number of hydrogen-bond donors (Lipinski definition) is 2. The lowest BCUT2D eigenvalue weighted by atomic mass is 10.1. The molecule has 2 rings (SSSR count). The Balaban J connectivity index is 2.28. The predicted molar refractivity (Wildman–Crippen MR) is 82.7 cm³/mol. The van der Waals surface area contributed by atoms with Gasteiger partial charge in [-0.25, -0.2) is 0 Å². The van der Waals surface area contributed by atoms with Crippen molar-refractivity contribution in [2.75, 3.05) is 11.1 Å². The molecule has 0 fully saturated rings. The van der Waals surface area contributed by atoms with E-state index in [0.29, 0.717) is 22.0 Å². The molecular formula is C14H12BrClN2O. The van der Waals surface area contributed by atoms with Crippen LogP contribution in [0.5, 0.6) is 0 Å². The smallest absolute Gasteiger partial charge is 0.257 e. The Morgan fingerprint density at radius 1 is 1.26 bits per heavy atom. The van der Waals surface area contributed by atoms with E-state index in [-0.39, 0.29) is 5.91 Å². The topological polar surface area (TPSA) is 55.1 Å². The molecule has 0 bridgehead atoms. The maximum absolute atomic E-state index is 12.2. The molecular weight excluding hydrogens is 328 g/mol. The predicted octanol–water partition coefficient (Wildman–Crippen LogP) is 4.25. The quantitative estimate of drug-likeness (QED) is 0.804. The zero-order valence-corrected chi connectivity index (χ0v) is 12.5. The molecule has 3 nitrogen and oxygen atoms in total. The summed E-state index contributed by atoms with van der Waals surface area (Å²) in [6.45, 7) is 1.96. The number of amides is 1. The summed E-state index contributed by atoms with van der Waals surface area (Å²) in [6, 6.07) is 10.5. The molecule has 0 aliphatic carbocycles. The molecule has 0 saturated carbocycles. The van der Waals surface area contributed by atoms with Crippen LogP contribution in [0.4, 0.5) is 11.4 Å². The summed E-state index contributed by atoms with van der Waals surface area (Å²) in [7, 11) is 0. The third kappa shape index (κ3) is 3.28. The number of halogens is 2. The minimum absolute atomic E-state index is 0.263. The van der Waals surface area contributed by atoms with Crippen molar-refractivity contribution in [2.45, 2.75) is 6.92 Å². The van der Waals surface area contributed by atoms with E-state index in [9.17, 15) is 4.79 Å². The molecule has 1 amide bonds. The summed E-state index contributed by atoms with van der Waals surface area (Å²) >= 11 is 9.20. The zero-order valence-electron chi connectivity index (χ0n) is 10.2. The van der Waals surface area contributed by atoms with E-state index < -0.39 is 0 Å². The third-order valence-corrected chi connectivity index (χ3v) is 3.55. The normalized spacial score (nSPS) is 10.3. The highest BCUT2D eigenvalue weighted by Crippen LogP contribution is 2.25. The second-order valence-corrected chi connectivity index (χ2v) is 5.46. The van der Waals surface area contributed by atoms with Crippen molar-refractivity contribution in [1.29, 1.82) is 0 Å². The third-order valence-electron chi connectivity index (χ3n) is 2.63. The van der Waals surface area contributed by atoms with Crippen molar-refractivity contribution >= 4 is 44.8 Å². The molecule has 5 heteroatoms. The standard InChI is InChI=1S/C14H12BrClN2O/c1-8-2-5-11(15)13(6-8)18-14(19)10-4-3-9(16)7-12(10)17/h2-7H,17H2,1H3,(H,18,19). The highest BCUT2D eigenvalue weighted by Gasteiger charge is 2.11. The number of hydrogen-bond acceptors (Lipinski definition) is 2. The van der Waals surface area contributed by atoms with Gasteiger partial charge >= 0.3 is 0 Å². The lowest BCUT2D eigenvalue weighted by Gasteiger charge is -2.10. The molecule has 0 aliphatic heterocycles. The molecule has 0 unspecified atom stereocenters. The van der Waals surface area contributed by atoms with Crippen LogP contribution in [0.3, 0.4) is 0 Å². The number of nitrogens with one attached hydrogen (secondary N) is 1. The van der Waals surface area contributed by atoms with E-state index >= 15 is 0 Å². The molecule has 2 aromatic rings. The largest absolute Gasteiger partial charge is 0.398 e. The Morgan fingerprint density at radius 3 is 2.68 bits per heavy atom. The molecule has 3 N–H and O–H groups in total. The van der Waals surface area contributed by atoms with Crippen molar-refractivity contribution in [3.63, 3.8) is 0 Å². The summed E-state index contributed by atoms with van der Waals surface area (Å²) < 4.78 is 0.819. The maximum Gasteiger partial charge on any atom is 0.257 e. The van der Waals surface area contributed by atoms with Crippen molar-refractivity contribution in [2.24, 2.45) is 0 Å². The van der Waals surface area contributed by atoms with Gasteiger partial charge in [-0.05, 0) is 58.7 Å². The van der Waals surface area contributed by atoms with E-state index in [0.717, 1.165) is 10.0 Å². The fourth-order valence-electron chi connectivity index (χ4n) is 1.66. The van der Waals surface area contributed by atoms with Crippen LogP contribution in [-0.4, -0.2) is 5.91 Å². The average molecular weight is 340 g/mol. The van der Waals surface area contributed by atoms with Crippen LogP contribution in [0, 0.1) is 6.92 Å². The second-order valence-electron chi connectivity index (χ2n) is 4.17. The Bertz CT molecular complexity index is 643. The highest BCUT2D eigenvalue weighted by molar-refractivity contribution is 9.10. The van der Waals surface area contributed by atoms with Gasteiger partial charge in [-0.15, -0.1) is 0 Å². The first-order valence-electron chi connectivity index (χ1n) is 5.60. The first kappa shape index (κ1) is 13.9. The van der Waals surface area contributed by atoms with Crippen molar-refractivity contribution in [3.05, 3.63) is 57.0 Å².